The minimum absolute atomic E-state index is 0.328. The maximum atomic E-state index is 14.0. The van der Waals surface area contributed by atoms with Crippen molar-refractivity contribution < 1.29 is 19.2 Å². The number of unbranched alkanes of at least 4 members (excludes halogenated alkanes) is 12. The number of hydrogen-bond acceptors (Lipinski definition) is 4. The summed E-state index contributed by atoms with van der Waals surface area (Å²) in [6, 6.07) is 0. The number of carbonyl (C=O) groups excluding carboxylic acids is 4. The fraction of sp³-hybridized carbons (Fsp3) is 0.875. The van der Waals surface area contributed by atoms with Crippen LogP contribution in [0.4, 0.5) is 0 Å². The quantitative estimate of drug-likeness (QED) is 0.113. The summed E-state index contributed by atoms with van der Waals surface area (Å²) < 4.78 is 0. The summed E-state index contributed by atoms with van der Waals surface area (Å²) in [6.07, 6.45) is 15.3. The van der Waals surface area contributed by atoms with Crippen LogP contribution in [0.25, 0.3) is 0 Å². The van der Waals surface area contributed by atoms with Gasteiger partial charge in [0.25, 0.3) is 0 Å². The van der Waals surface area contributed by atoms with Gasteiger partial charge in [0.05, 0.1) is 0 Å². The van der Waals surface area contributed by atoms with E-state index in [9.17, 15) is 19.2 Å². The molecule has 0 radical (unpaired) electrons. The van der Waals surface area contributed by atoms with Crippen LogP contribution >= 0.6 is 0 Å². The molecule has 2 atom stereocenters. The van der Waals surface area contributed by atoms with Crippen LogP contribution in [0.1, 0.15) is 137 Å². The maximum Gasteiger partial charge on any atom is 0.238 e. The molecular weight excluding hydrogens is 504 g/mol. The monoisotopic (exact) mass is 566 g/mol. The molecule has 4 amide bonds. The number of nitrogens with zero attached hydrogens (tertiary/aromatic N) is 2. The van der Waals surface area contributed by atoms with Crippen LogP contribution in [0.15, 0.2) is 0 Å². The SMILES string of the molecule is CCCCCCCC(C(C)(C(N)=O)C(=O)N(C)CCCCCCC)C(C)(C(N)=O)C(=O)N(C)CCCCCCC. The fourth-order valence-electron chi connectivity index (χ4n) is 5.86. The summed E-state index contributed by atoms with van der Waals surface area (Å²) in [5, 5.41) is 0. The van der Waals surface area contributed by atoms with Gasteiger partial charge in [-0.1, -0.05) is 104 Å². The number of rotatable bonds is 24. The van der Waals surface area contributed by atoms with Gasteiger partial charge in [-0.3, -0.25) is 19.2 Å². The first-order valence-corrected chi connectivity index (χ1v) is 16.0. The predicted molar refractivity (Wildman–Crippen MR) is 164 cm³/mol. The van der Waals surface area contributed by atoms with Crippen LogP contribution in [0.2, 0.25) is 0 Å². The molecule has 2 unspecified atom stereocenters. The Morgan fingerprint density at radius 2 is 0.850 bits per heavy atom. The zero-order valence-electron chi connectivity index (χ0n) is 27.0. The van der Waals surface area contributed by atoms with E-state index in [1.165, 1.54) is 13.8 Å². The lowest BCUT2D eigenvalue weighted by atomic mass is 9.59. The Morgan fingerprint density at radius 1 is 0.550 bits per heavy atom. The molecule has 0 aromatic carbocycles. The molecule has 4 N–H and O–H groups in total. The van der Waals surface area contributed by atoms with Crippen LogP contribution in [0.5, 0.6) is 0 Å². The van der Waals surface area contributed by atoms with Crippen LogP contribution in [0.3, 0.4) is 0 Å². The molecule has 0 rings (SSSR count). The number of primary amides is 2. The van der Waals surface area contributed by atoms with Crippen molar-refractivity contribution in [3.63, 3.8) is 0 Å². The number of amides is 4. The topological polar surface area (TPSA) is 127 Å². The van der Waals surface area contributed by atoms with E-state index in [4.69, 9.17) is 11.5 Å². The average Bonchev–Trinajstić information content (AvgIpc) is 2.92. The van der Waals surface area contributed by atoms with Gasteiger partial charge in [0.2, 0.25) is 23.6 Å². The molecule has 0 aliphatic carbocycles. The first-order chi connectivity index (χ1) is 18.9. The van der Waals surface area contributed by atoms with Crippen LogP contribution < -0.4 is 11.5 Å². The Labute approximate surface area is 245 Å². The van der Waals surface area contributed by atoms with E-state index in [2.05, 4.69) is 20.8 Å². The van der Waals surface area contributed by atoms with Crippen molar-refractivity contribution in [2.24, 2.45) is 28.2 Å². The third kappa shape index (κ3) is 11.0. The molecule has 234 valence electrons. The van der Waals surface area contributed by atoms with Crippen molar-refractivity contribution in [3.05, 3.63) is 0 Å². The van der Waals surface area contributed by atoms with Gasteiger partial charge in [-0.15, -0.1) is 0 Å². The number of carbonyl (C=O) groups is 4. The Morgan fingerprint density at radius 3 is 1.15 bits per heavy atom. The van der Waals surface area contributed by atoms with Gasteiger partial charge in [-0.2, -0.15) is 0 Å². The molecule has 8 heteroatoms. The summed E-state index contributed by atoms with van der Waals surface area (Å²) in [5.41, 5.74) is 8.47. The van der Waals surface area contributed by atoms with E-state index in [1.54, 1.807) is 23.9 Å². The number of nitrogens with two attached hydrogens (primary N) is 2. The molecular formula is C32H62N4O4. The van der Waals surface area contributed by atoms with Crippen LogP contribution in [-0.2, 0) is 19.2 Å². The second-order valence-electron chi connectivity index (χ2n) is 12.2. The van der Waals surface area contributed by atoms with E-state index in [0.29, 0.717) is 25.9 Å². The highest BCUT2D eigenvalue weighted by molar-refractivity contribution is 6.09. The lowest BCUT2D eigenvalue weighted by Crippen LogP contribution is -2.62. The van der Waals surface area contributed by atoms with Crippen molar-refractivity contribution in [3.8, 4) is 0 Å². The smallest absolute Gasteiger partial charge is 0.238 e. The molecule has 0 aromatic rings. The minimum atomic E-state index is -1.76. The third-order valence-corrected chi connectivity index (χ3v) is 8.79. The highest BCUT2D eigenvalue weighted by Crippen LogP contribution is 2.46. The summed E-state index contributed by atoms with van der Waals surface area (Å²) in [5.74, 6) is -3.50. The lowest BCUT2D eigenvalue weighted by Gasteiger charge is -2.45. The fourth-order valence-corrected chi connectivity index (χ4v) is 5.86. The zero-order chi connectivity index (χ0) is 30.8. The van der Waals surface area contributed by atoms with Crippen molar-refractivity contribution in [1.82, 2.24) is 9.80 Å². The molecule has 0 saturated heterocycles. The van der Waals surface area contributed by atoms with E-state index in [1.807, 2.05) is 0 Å². The molecule has 40 heavy (non-hydrogen) atoms. The minimum Gasteiger partial charge on any atom is -0.369 e. The normalized spacial score (nSPS) is 15.1. The molecule has 0 bridgehead atoms. The van der Waals surface area contributed by atoms with Crippen LogP contribution in [0, 0.1) is 16.7 Å². The maximum absolute atomic E-state index is 14.0. The van der Waals surface area contributed by atoms with E-state index in [0.717, 1.165) is 89.9 Å². The van der Waals surface area contributed by atoms with Gasteiger partial charge in [0.15, 0.2) is 0 Å². The first kappa shape index (κ1) is 37.9. The Kier molecular flexibility index (Phi) is 18.8. The predicted octanol–water partition coefficient (Wildman–Crippen LogP) is 5.80. The van der Waals surface area contributed by atoms with Gasteiger partial charge >= 0.3 is 0 Å². The third-order valence-electron chi connectivity index (χ3n) is 8.79. The van der Waals surface area contributed by atoms with Crippen molar-refractivity contribution >= 4 is 23.6 Å². The zero-order valence-corrected chi connectivity index (χ0v) is 27.0. The second-order valence-corrected chi connectivity index (χ2v) is 12.2. The molecule has 8 nitrogen and oxygen atoms in total. The second kappa shape index (κ2) is 19.9. The Hall–Kier alpha value is -2.12. The largest absolute Gasteiger partial charge is 0.369 e. The molecule has 0 aliphatic heterocycles. The average molecular weight is 567 g/mol. The van der Waals surface area contributed by atoms with Crippen molar-refractivity contribution in [1.29, 1.82) is 0 Å². The van der Waals surface area contributed by atoms with Gasteiger partial charge in [-0.25, -0.2) is 0 Å². The summed E-state index contributed by atoms with van der Waals surface area (Å²) >= 11 is 0. The first-order valence-electron chi connectivity index (χ1n) is 16.0. The standard InChI is InChI=1S/C32H62N4O4/c1-8-11-14-17-20-23-26(31(4,27(33)37)29(39)35(6)24-21-18-15-12-9-2)32(5,28(34)38)30(40)36(7)25-22-19-16-13-10-3/h26H,8-25H2,1-7H3,(H2,33,37)(H2,34,38). The van der Waals surface area contributed by atoms with Crippen LogP contribution in [-0.4, -0.2) is 60.6 Å². The van der Waals surface area contributed by atoms with Crippen molar-refractivity contribution in [2.75, 3.05) is 27.2 Å². The Balaban J connectivity index is 6.27. The van der Waals surface area contributed by atoms with E-state index in [-0.39, 0.29) is 0 Å². The summed E-state index contributed by atoms with van der Waals surface area (Å²) in [7, 11) is 3.35. The highest BCUT2D eigenvalue weighted by Gasteiger charge is 2.60. The van der Waals surface area contributed by atoms with Crippen molar-refractivity contribution in [2.45, 2.75) is 137 Å². The molecule has 0 aliphatic rings. The van der Waals surface area contributed by atoms with E-state index >= 15 is 0 Å². The van der Waals surface area contributed by atoms with Gasteiger partial charge < -0.3 is 21.3 Å². The number of hydrogen-bond donors (Lipinski definition) is 2. The molecule has 0 heterocycles. The van der Waals surface area contributed by atoms with E-state index < -0.39 is 40.4 Å². The van der Waals surface area contributed by atoms with Gasteiger partial charge in [-0.05, 0) is 33.1 Å². The molecule has 0 spiro atoms. The highest BCUT2D eigenvalue weighted by atomic mass is 16.2. The lowest BCUT2D eigenvalue weighted by molar-refractivity contribution is -0.164. The molecule has 0 saturated carbocycles. The van der Waals surface area contributed by atoms with Gasteiger partial charge in [0, 0.05) is 33.1 Å². The summed E-state index contributed by atoms with van der Waals surface area (Å²) in [6.45, 7) is 10.4. The molecule has 0 aromatic heterocycles. The van der Waals surface area contributed by atoms with Gasteiger partial charge in [0.1, 0.15) is 10.8 Å². The summed E-state index contributed by atoms with van der Waals surface area (Å²) in [4.78, 5) is 57.4. The molecule has 0 fully saturated rings. The Bertz CT molecular complexity index is 718.